The molecule has 10 heteroatoms. The lowest BCUT2D eigenvalue weighted by Gasteiger charge is -2.11. The maximum atomic E-state index is 12.8. The van der Waals surface area contributed by atoms with Crippen molar-refractivity contribution >= 4 is 46.5 Å². The van der Waals surface area contributed by atoms with E-state index in [1.165, 1.54) is 0 Å². The van der Waals surface area contributed by atoms with Crippen LogP contribution < -0.4 is 5.32 Å². The molecule has 1 heterocycles. The lowest BCUT2D eigenvalue weighted by atomic mass is 10.1. The lowest BCUT2D eigenvalue weighted by molar-refractivity contribution is -0.137. The van der Waals surface area contributed by atoms with Crippen LogP contribution in [0.4, 0.5) is 18.9 Å². The molecule has 0 unspecified atom stereocenters. The second-order valence-corrected chi connectivity index (χ2v) is 8.16. The quantitative estimate of drug-likeness (QED) is 0.497. The average molecular weight is 444 g/mol. The van der Waals surface area contributed by atoms with Crippen LogP contribution in [0.3, 0.4) is 0 Å². The summed E-state index contributed by atoms with van der Waals surface area (Å²) < 4.78 is 43.2. The van der Waals surface area contributed by atoms with Crippen molar-refractivity contribution in [1.82, 2.24) is 9.36 Å². The van der Waals surface area contributed by atoms with Crippen LogP contribution >= 0.6 is 34.9 Å². The van der Waals surface area contributed by atoms with Crippen molar-refractivity contribution < 1.29 is 18.0 Å². The monoisotopic (exact) mass is 443 g/mol. The van der Waals surface area contributed by atoms with Crippen molar-refractivity contribution in [3.05, 3.63) is 58.6 Å². The van der Waals surface area contributed by atoms with E-state index in [2.05, 4.69) is 14.7 Å². The van der Waals surface area contributed by atoms with Gasteiger partial charge in [-0.25, -0.2) is 4.98 Å². The number of aromatic nitrogens is 2. The van der Waals surface area contributed by atoms with Crippen molar-refractivity contribution in [2.45, 2.75) is 17.4 Å². The van der Waals surface area contributed by atoms with Gasteiger partial charge < -0.3 is 5.32 Å². The fraction of sp³-hybridized carbons (Fsp3) is 0.167. The summed E-state index contributed by atoms with van der Waals surface area (Å²) >= 11 is 8.18. The van der Waals surface area contributed by atoms with E-state index in [1.807, 2.05) is 31.2 Å². The Kier molecular flexibility index (Phi) is 6.26. The topological polar surface area (TPSA) is 54.9 Å². The molecule has 0 fully saturated rings. The van der Waals surface area contributed by atoms with Gasteiger partial charge >= 0.3 is 6.18 Å². The van der Waals surface area contributed by atoms with E-state index in [1.54, 1.807) is 0 Å². The van der Waals surface area contributed by atoms with Gasteiger partial charge in [0.05, 0.1) is 22.0 Å². The molecule has 0 aliphatic rings. The number of thioether (sulfide) groups is 1. The number of benzene rings is 2. The molecule has 3 aromatic rings. The molecule has 146 valence electrons. The number of hydrogen-bond donors (Lipinski definition) is 1. The SMILES string of the molecule is Cc1ccc(-c2nsc(SCC(=O)Nc3cc(C(F)(F)F)ccc3Cl)n2)cc1. The third kappa shape index (κ3) is 5.24. The second-order valence-electron chi connectivity index (χ2n) is 5.78. The highest BCUT2D eigenvalue weighted by molar-refractivity contribution is 8.01. The first-order valence-electron chi connectivity index (χ1n) is 7.92. The summed E-state index contributed by atoms with van der Waals surface area (Å²) in [7, 11) is 0. The molecule has 0 aliphatic heterocycles. The summed E-state index contributed by atoms with van der Waals surface area (Å²) in [6.07, 6.45) is -4.52. The number of rotatable bonds is 5. The van der Waals surface area contributed by atoms with E-state index in [-0.39, 0.29) is 16.5 Å². The maximum Gasteiger partial charge on any atom is 0.416 e. The highest BCUT2D eigenvalue weighted by Crippen LogP contribution is 2.34. The molecular formula is C18H13ClF3N3OS2. The first kappa shape index (κ1) is 20.6. The summed E-state index contributed by atoms with van der Waals surface area (Å²) in [6, 6.07) is 10.5. The number of hydrogen-bond acceptors (Lipinski definition) is 5. The number of anilines is 1. The van der Waals surface area contributed by atoms with Gasteiger partial charge in [-0.05, 0) is 36.7 Å². The van der Waals surface area contributed by atoms with Crippen molar-refractivity contribution in [2.24, 2.45) is 0 Å². The van der Waals surface area contributed by atoms with E-state index in [0.29, 0.717) is 10.2 Å². The molecule has 0 saturated carbocycles. The Bertz CT molecular complexity index is 990. The minimum Gasteiger partial charge on any atom is -0.324 e. The van der Waals surface area contributed by atoms with Crippen molar-refractivity contribution in [3.8, 4) is 11.4 Å². The second kappa shape index (κ2) is 8.50. The number of nitrogens with one attached hydrogen (secondary N) is 1. The van der Waals surface area contributed by atoms with Crippen molar-refractivity contribution in [2.75, 3.05) is 11.1 Å². The lowest BCUT2D eigenvalue weighted by Crippen LogP contribution is -2.15. The highest BCUT2D eigenvalue weighted by Gasteiger charge is 2.31. The zero-order chi connectivity index (χ0) is 20.3. The molecule has 0 atom stereocenters. The molecule has 0 bridgehead atoms. The van der Waals surface area contributed by atoms with Crippen LogP contribution in [0, 0.1) is 6.92 Å². The number of amides is 1. The summed E-state index contributed by atoms with van der Waals surface area (Å²) in [6.45, 7) is 1.98. The van der Waals surface area contributed by atoms with Gasteiger partial charge in [0.25, 0.3) is 0 Å². The highest BCUT2D eigenvalue weighted by atomic mass is 35.5. The Morgan fingerprint density at radius 3 is 2.61 bits per heavy atom. The molecule has 3 rings (SSSR count). The largest absolute Gasteiger partial charge is 0.416 e. The fourth-order valence-electron chi connectivity index (χ4n) is 2.20. The molecule has 28 heavy (non-hydrogen) atoms. The van der Waals surface area contributed by atoms with Crippen LogP contribution in [0.15, 0.2) is 46.8 Å². The minimum atomic E-state index is -4.52. The van der Waals surface area contributed by atoms with E-state index < -0.39 is 17.6 Å². The Balaban J connectivity index is 1.61. The predicted molar refractivity (Wildman–Crippen MR) is 106 cm³/mol. The Morgan fingerprint density at radius 2 is 1.93 bits per heavy atom. The number of alkyl halides is 3. The fourth-order valence-corrected chi connectivity index (χ4v) is 3.78. The van der Waals surface area contributed by atoms with Gasteiger partial charge in [-0.1, -0.05) is 53.2 Å². The van der Waals surface area contributed by atoms with Gasteiger partial charge in [-0.2, -0.15) is 17.5 Å². The van der Waals surface area contributed by atoms with E-state index in [4.69, 9.17) is 11.6 Å². The van der Waals surface area contributed by atoms with Crippen LogP contribution in [0.25, 0.3) is 11.4 Å². The summed E-state index contributed by atoms with van der Waals surface area (Å²) in [5, 5.41) is 2.43. The zero-order valence-corrected chi connectivity index (χ0v) is 16.8. The molecule has 0 radical (unpaired) electrons. The molecule has 2 aromatic carbocycles. The van der Waals surface area contributed by atoms with Gasteiger partial charge in [0.2, 0.25) is 5.91 Å². The average Bonchev–Trinajstić information content (AvgIpc) is 3.10. The van der Waals surface area contributed by atoms with Gasteiger partial charge in [-0.3, -0.25) is 4.79 Å². The molecule has 1 aromatic heterocycles. The molecule has 1 amide bonds. The number of carbonyl (C=O) groups excluding carboxylic acids is 1. The van der Waals surface area contributed by atoms with Crippen LogP contribution in [0.2, 0.25) is 5.02 Å². The Labute approximate surface area is 172 Å². The summed E-state index contributed by atoms with van der Waals surface area (Å²) in [4.78, 5) is 16.5. The van der Waals surface area contributed by atoms with E-state index in [9.17, 15) is 18.0 Å². The third-order valence-electron chi connectivity index (χ3n) is 3.61. The van der Waals surface area contributed by atoms with Crippen LogP contribution in [-0.2, 0) is 11.0 Å². The molecule has 0 aliphatic carbocycles. The third-order valence-corrected chi connectivity index (χ3v) is 5.77. The van der Waals surface area contributed by atoms with Crippen LogP contribution in [0.5, 0.6) is 0 Å². The Morgan fingerprint density at radius 1 is 1.21 bits per heavy atom. The first-order valence-corrected chi connectivity index (χ1v) is 10.1. The molecular weight excluding hydrogens is 431 g/mol. The normalized spacial score (nSPS) is 11.5. The minimum absolute atomic E-state index is 0.0314. The molecule has 0 saturated heterocycles. The number of aryl methyl sites for hydroxylation is 1. The predicted octanol–water partition coefficient (Wildman–Crippen LogP) is 5.92. The summed E-state index contributed by atoms with van der Waals surface area (Å²) in [5.41, 5.74) is 1.03. The standard InChI is InChI=1S/C18H13ClF3N3OS2/c1-10-2-4-11(5-3-10)16-24-17(28-25-16)27-9-15(26)23-14-8-12(18(20,21)22)6-7-13(14)19/h2-8H,9H2,1H3,(H,23,26). The Hall–Kier alpha value is -2.10. The first-order chi connectivity index (χ1) is 13.2. The smallest absolute Gasteiger partial charge is 0.324 e. The number of nitrogens with zero attached hydrogens (tertiary/aromatic N) is 2. The number of halogens is 4. The van der Waals surface area contributed by atoms with Crippen molar-refractivity contribution in [3.63, 3.8) is 0 Å². The van der Waals surface area contributed by atoms with Gasteiger partial charge in [0, 0.05) is 5.56 Å². The van der Waals surface area contributed by atoms with Gasteiger partial charge in [-0.15, -0.1) is 0 Å². The van der Waals surface area contributed by atoms with Gasteiger partial charge in [0.15, 0.2) is 10.2 Å². The van der Waals surface area contributed by atoms with Crippen LogP contribution in [-0.4, -0.2) is 21.0 Å². The molecule has 0 spiro atoms. The van der Waals surface area contributed by atoms with Gasteiger partial charge in [0.1, 0.15) is 0 Å². The van der Waals surface area contributed by atoms with Crippen LogP contribution in [0.1, 0.15) is 11.1 Å². The number of carbonyl (C=O) groups is 1. The zero-order valence-electron chi connectivity index (χ0n) is 14.4. The molecule has 1 N–H and O–H groups in total. The molecule has 4 nitrogen and oxygen atoms in total. The maximum absolute atomic E-state index is 12.8. The van der Waals surface area contributed by atoms with E-state index >= 15 is 0 Å². The van der Waals surface area contributed by atoms with E-state index in [0.717, 1.165) is 52.6 Å². The summed E-state index contributed by atoms with van der Waals surface area (Å²) in [5.74, 6) is 0.0434. The van der Waals surface area contributed by atoms with Crippen molar-refractivity contribution in [1.29, 1.82) is 0 Å².